The summed E-state index contributed by atoms with van der Waals surface area (Å²) in [5, 5.41) is 5.10. The van der Waals surface area contributed by atoms with Crippen LogP contribution in [-0.2, 0) is 17.8 Å². The molecule has 0 bridgehead atoms. The van der Waals surface area contributed by atoms with Crippen LogP contribution in [0.15, 0.2) is 35.7 Å². The van der Waals surface area contributed by atoms with E-state index in [4.69, 9.17) is 0 Å². The Balaban J connectivity index is 1.57. The van der Waals surface area contributed by atoms with Gasteiger partial charge < -0.3 is 5.32 Å². The molecular formula is C15H15IN2OS. The minimum absolute atomic E-state index is 0.0608. The monoisotopic (exact) mass is 398 g/mol. The number of anilines is 1. The van der Waals surface area contributed by atoms with Crippen LogP contribution < -0.4 is 5.32 Å². The molecule has 0 spiro atoms. The zero-order valence-corrected chi connectivity index (χ0v) is 13.9. The molecule has 5 heteroatoms. The van der Waals surface area contributed by atoms with Crippen LogP contribution in [0, 0.1) is 3.57 Å². The Hall–Kier alpha value is -0.920. The standard InChI is InChI=1S/C15H15IN2OS/c16-12-2-1-3-13(8-12)17-15(19)10-18-6-4-14-11(9-18)5-7-20-14/h1-3,5,7-8H,4,6,9-10H2,(H,17,19). The first-order chi connectivity index (χ1) is 9.70. The molecule has 0 saturated carbocycles. The Kier molecular flexibility index (Phi) is 4.38. The minimum Gasteiger partial charge on any atom is -0.325 e. The highest BCUT2D eigenvalue weighted by atomic mass is 127. The smallest absolute Gasteiger partial charge is 0.238 e. The number of benzene rings is 1. The number of thiophene rings is 1. The van der Waals surface area contributed by atoms with Gasteiger partial charge in [0.05, 0.1) is 6.54 Å². The second-order valence-electron chi connectivity index (χ2n) is 4.89. The van der Waals surface area contributed by atoms with Crippen molar-refractivity contribution in [1.29, 1.82) is 0 Å². The van der Waals surface area contributed by atoms with E-state index in [0.29, 0.717) is 6.54 Å². The van der Waals surface area contributed by atoms with Gasteiger partial charge in [0, 0.05) is 27.2 Å². The summed E-state index contributed by atoms with van der Waals surface area (Å²) >= 11 is 4.07. The van der Waals surface area contributed by atoms with Gasteiger partial charge in [-0.05, 0) is 64.2 Å². The third kappa shape index (κ3) is 3.39. The number of amides is 1. The molecule has 0 atom stereocenters. The van der Waals surface area contributed by atoms with Gasteiger partial charge in [0.15, 0.2) is 0 Å². The van der Waals surface area contributed by atoms with E-state index < -0.39 is 0 Å². The largest absolute Gasteiger partial charge is 0.325 e. The van der Waals surface area contributed by atoms with Crippen LogP contribution in [-0.4, -0.2) is 23.9 Å². The molecule has 0 aliphatic carbocycles. The van der Waals surface area contributed by atoms with Crippen molar-refractivity contribution in [3.8, 4) is 0 Å². The predicted molar refractivity (Wildman–Crippen MR) is 91.1 cm³/mol. The summed E-state index contributed by atoms with van der Waals surface area (Å²) in [6, 6.07) is 10.0. The number of fused-ring (bicyclic) bond motifs is 1. The van der Waals surface area contributed by atoms with Crippen molar-refractivity contribution in [1.82, 2.24) is 4.90 Å². The van der Waals surface area contributed by atoms with E-state index in [1.807, 2.05) is 35.6 Å². The first kappa shape index (κ1) is 14.0. The Morgan fingerprint density at radius 1 is 1.40 bits per heavy atom. The van der Waals surface area contributed by atoms with Gasteiger partial charge in [-0.15, -0.1) is 11.3 Å². The highest BCUT2D eigenvalue weighted by Crippen LogP contribution is 2.23. The molecule has 20 heavy (non-hydrogen) atoms. The SMILES string of the molecule is O=C(CN1CCc2sccc2C1)Nc1cccc(I)c1. The minimum atomic E-state index is 0.0608. The highest BCUT2D eigenvalue weighted by molar-refractivity contribution is 14.1. The summed E-state index contributed by atoms with van der Waals surface area (Å²) < 4.78 is 1.13. The van der Waals surface area contributed by atoms with Gasteiger partial charge in [-0.3, -0.25) is 9.69 Å². The lowest BCUT2D eigenvalue weighted by atomic mass is 10.1. The second kappa shape index (κ2) is 6.24. The number of carbonyl (C=O) groups excluding carboxylic acids is 1. The Morgan fingerprint density at radius 2 is 2.30 bits per heavy atom. The topological polar surface area (TPSA) is 32.3 Å². The summed E-state index contributed by atoms with van der Waals surface area (Å²) in [7, 11) is 0. The average Bonchev–Trinajstić information content (AvgIpc) is 2.86. The van der Waals surface area contributed by atoms with E-state index in [1.165, 1.54) is 10.4 Å². The van der Waals surface area contributed by atoms with E-state index in [9.17, 15) is 4.79 Å². The van der Waals surface area contributed by atoms with Crippen molar-refractivity contribution >= 4 is 45.5 Å². The lowest BCUT2D eigenvalue weighted by molar-refractivity contribution is -0.117. The lowest BCUT2D eigenvalue weighted by Gasteiger charge is -2.26. The van der Waals surface area contributed by atoms with Crippen LogP contribution in [0.5, 0.6) is 0 Å². The van der Waals surface area contributed by atoms with Gasteiger partial charge in [0.2, 0.25) is 5.91 Å². The number of halogens is 1. The quantitative estimate of drug-likeness (QED) is 0.805. The molecule has 1 N–H and O–H groups in total. The fourth-order valence-electron chi connectivity index (χ4n) is 2.41. The van der Waals surface area contributed by atoms with Crippen molar-refractivity contribution in [2.24, 2.45) is 0 Å². The molecule has 1 aliphatic heterocycles. The summed E-state index contributed by atoms with van der Waals surface area (Å²) in [6.45, 7) is 2.31. The van der Waals surface area contributed by atoms with Crippen molar-refractivity contribution in [2.45, 2.75) is 13.0 Å². The van der Waals surface area contributed by atoms with Crippen LogP contribution in [0.2, 0.25) is 0 Å². The second-order valence-corrected chi connectivity index (χ2v) is 7.13. The molecule has 104 valence electrons. The van der Waals surface area contributed by atoms with Crippen molar-refractivity contribution in [2.75, 3.05) is 18.4 Å². The van der Waals surface area contributed by atoms with Gasteiger partial charge in [-0.1, -0.05) is 6.07 Å². The fourth-order valence-corrected chi connectivity index (χ4v) is 3.84. The average molecular weight is 398 g/mol. The van der Waals surface area contributed by atoms with Gasteiger partial charge in [0.1, 0.15) is 0 Å². The summed E-state index contributed by atoms with van der Waals surface area (Å²) in [5.74, 6) is 0.0608. The van der Waals surface area contributed by atoms with Crippen LogP contribution in [0.4, 0.5) is 5.69 Å². The van der Waals surface area contributed by atoms with Gasteiger partial charge >= 0.3 is 0 Å². The molecule has 2 aromatic rings. The summed E-state index contributed by atoms with van der Waals surface area (Å²) in [5.41, 5.74) is 2.25. The van der Waals surface area contributed by atoms with E-state index in [0.717, 1.165) is 28.8 Å². The molecule has 0 radical (unpaired) electrons. The third-order valence-corrected chi connectivity index (χ3v) is 5.06. The van der Waals surface area contributed by atoms with Gasteiger partial charge in [-0.2, -0.15) is 0 Å². The fraction of sp³-hybridized carbons (Fsp3) is 0.267. The maximum Gasteiger partial charge on any atom is 0.238 e. The lowest BCUT2D eigenvalue weighted by Crippen LogP contribution is -2.36. The van der Waals surface area contributed by atoms with E-state index >= 15 is 0 Å². The molecule has 0 saturated heterocycles. The Morgan fingerprint density at radius 3 is 3.15 bits per heavy atom. The zero-order valence-electron chi connectivity index (χ0n) is 10.9. The molecule has 3 rings (SSSR count). The number of hydrogen-bond acceptors (Lipinski definition) is 3. The van der Waals surface area contributed by atoms with Gasteiger partial charge in [-0.25, -0.2) is 0 Å². The van der Waals surface area contributed by atoms with E-state index in [-0.39, 0.29) is 5.91 Å². The number of rotatable bonds is 3. The Labute approximate surface area is 136 Å². The third-order valence-electron chi connectivity index (χ3n) is 3.36. The predicted octanol–water partition coefficient (Wildman–Crippen LogP) is 3.35. The molecule has 0 unspecified atom stereocenters. The molecule has 1 amide bonds. The normalized spacial score (nSPS) is 14.8. The molecular weight excluding hydrogens is 383 g/mol. The first-order valence-electron chi connectivity index (χ1n) is 6.54. The number of hydrogen-bond donors (Lipinski definition) is 1. The maximum atomic E-state index is 12.1. The molecule has 2 heterocycles. The van der Waals surface area contributed by atoms with Crippen molar-refractivity contribution in [3.63, 3.8) is 0 Å². The molecule has 0 fully saturated rings. The zero-order chi connectivity index (χ0) is 13.9. The highest BCUT2D eigenvalue weighted by Gasteiger charge is 2.19. The van der Waals surface area contributed by atoms with Gasteiger partial charge in [0.25, 0.3) is 0 Å². The van der Waals surface area contributed by atoms with E-state index in [1.54, 1.807) is 0 Å². The van der Waals surface area contributed by atoms with Crippen molar-refractivity contribution < 1.29 is 4.79 Å². The molecule has 1 aromatic heterocycles. The van der Waals surface area contributed by atoms with Crippen LogP contribution >= 0.6 is 33.9 Å². The number of nitrogens with one attached hydrogen (secondary N) is 1. The maximum absolute atomic E-state index is 12.1. The van der Waals surface area contributed by atoms with Crippen LogP contribution in [0.1, 0.15) is 10.4 Å². The summed E-state index contributed by atoms with van der Waals surface area (Å²) in [4.78, 5) is 15.8. The van der Waals surface area contributed by atoms with Crippen molar-refractivity contribution in [3.05, 3.63) is 49.7 Å². The first-order valence-corrected chi connectivity index (χ1v) is 8.49. The number of carbonyl (C=O) groups is 1. The molecule has 1 aliphatic rings. The van der Waals surface area contributed by atoms with E-state index in [2.05, 4.69) is 44.3 Å². The summed E-state index contributed by atoms with van der Waals surface area (Å²) in [6.07, 6.45) is 1.06. The van der Waals surface area contributed by atoms with Crippen LogP contribution in [0.3, 0.4) is 0 Å². The number of nitrogens with zero attached hydrogens (tertiary/aromatic N) is 1. The molecule has 1 aromatic carbocycles. The Bertz CT molecular complexity index is 626. The molecule has 3 nitrogen and oxygen atoms in total. The van der Waals surface area contributed by atoms with Crippen LogP contribution in [0.25, 0.3) is 0 Å².